The monoisotopic (exact) mass is 431 g/mol. The van der Waals surface area contributed by atoms with E-state index >= 15 is 0 Å². The van der Waals surface area contributed by atoms with Gasteiger partial charge in [0.25, 0.3) is 0 Å². The van der Waals surface area contributed by atoms with Crippen LogP contribution in [0.25, 0.3) is 17.3 Å². The van der Waals surface area contributed by atoms with Crippen LogP contribution >= 0.6 is 11.8 Å². The van der Waals surface area contributed by atoms with Crippen LogP contribution in [0.3, 0.4) is 0 Å². The smallest absolute Gasteiger partial charge is 0.416 e. The van der Waals surface area contributed by atoms with E-state index in [-0.39, 0.29) is 0 Å². The zero-order valence-corrected chi connectivity index (χ0v) is 16.6. The molecule has 0 fully saturated rings. The molecule has 0 spiro atoms. The van der Waals surface area contributed by atoms with Crippen LogP contribution in [-0.4, -0.2) is 21.9 Å². The second-order valence-electron chi connectivity index (χ2n) is 6.27. The molecule has 4 rings (SSSR count). The van der Waals surface area contributed by atoms with Crippen LogP contribution in [-0.2, 0) is 11.9 Å². The summed E-state index contributed by atoms with van der Waals surface area (Å²) < 4.78 is 51.1. The van der Waals surface area contributed by atoms with Gasteiger partial charge in [0.2, 0.25) is 5.82 Å². The maximum absolute atomic E-state index is 12.8. The third kappa shape index (κ3) is 4.06. The molecule has 5 nitrogen and oxygen atoms in total. The first-order chi connectivity index (χ1) is 14.5. The Bertz CT molecular complexity index is 1120. The molecule has 0 aliphatic carbocycles. The average Bonchev–Trinajstić information content (AvgIpc) is 3.41. The van der Waals surface area contributed by atoms with Gasteiger partial charge in [-0.1, -0.05) is 36.0 Å². The van der Waals surface area contributed by atoms with Crippen LogP contribution in [0.5, 0.6) is 5.75 Å². The molecule has 0 unspecified atom stereocenters. The highest BCUT2D eigenvalue weighted by molar-refractivity contribution is 7.98. The van der Waals surface area contributed by atoms with Crippen molar-refractivity contribution in [2.45, 2.75) is 17.1 Å². The minimum Gasteiger partial charge on any atom is -0.495 e. The summed E-state index contributed by atoms with van der Waals surface area (Å²) in [6.45, 7) is 0. The first-order valence-electron chi connectivity index (χ1n) is 8.89. The van der Waals surface area contributed by atoms with Crippen molar-refractivity contribution in [2.75, 3.05) is 7.11 Å². The Morgan fingerprint density at radius 2 is 1.77 bits per heavy atom. The highest BCUT2D eigenvalue weighted by Crippen LogP contribution is 2.34. The number of halogens is 3. The van der Waals surface area contributed by atoms with Crippen molar-refractivity contribution in [3.05, 3.63) is 78.1 Å². The Morgan fingerprint density at radius 3 is 2.43 bits per heavy atom. The second-order valence-corrected chi connectivity index (χ2v) is 7.22. The van der Waals surface area contributed by atoms with E-state index in [0.29, 0.717) is 28.2 Å². The van der Waals surface area contributed by atoms with Gasteiger partial charge in [0.1, 0.15) is 5.75 Å². The number of furan rings is 1. The lowest BCUT2D eigenvalue weighted by atomic mass is 10.1. The fourth-order valence-corrected chi connectivity index (χ4v) is 3.80. The van der Waals surface area contributed by atoms with Crippen LogP contribution in [0.1, 0.15) is 11.1 Å². The van der Waals surface area contributed by atoms with Crippen molar-refractivity contribution in [1.82, 2.24) is 14.8 Å². The third-order valence-corrected chi connectivity index (χ3v) is 5.35. The lowest BCUT2D eigenvalue weighted by Gasteiger charge is -2.13. The maximum Gasteiger partial charge on any atom is 0.416 e. The van der Waals surface area contributed by atoms with Crippen LogP contribution < -0.4 is 4.74 Å². The summed E-state index contributed by atoms with van der Waals surface area (Å²) >= 11 is 1.36. The largest absolute Gasteiger partial charge is 0.495 e. The predicted octanol–water partition coefficient (Wildman–Crippen LogP) is 5.85. The number of thioether (sulfide) groups is 1. The van der Waals surface area contributed by atoms with E-state index in [1.54, 1.807) is 25.5 Å². The molecule has 0 amide bonds. The molecule has 2 aromatic carbocycles. The van der Waals surface area contributed by atoms with Gasteiger partial charge in [-0.3, -0.25) is 4.57 Å². The number of nitrogens with zero attached hydrogens (tertiary/aromatic N) is 3. The van der Waals surface area contributed by atoms with Crippen LogP contribution in [0.2, 0.25) is 0 Å². The van der Waals surface area contributed by atoms with Gasteiger partial charge in [0.05, 0.1) is 24.6 Å². The minimum absolute atomic E-state index is 0.420. The number of hydrogen-bond donors (Lipinski definition) is 0. The minimum atomic E-state index is -4.35. The standard InChI is InChI=1S/C21H16F3N3O2S/c1-28-17-6-3-2-5-16(17)27-19(18-7-4-12-29-18)25-26-20(27)30-13-14-8-10-15(11-9-14)21(22,23)24/h2-12H,13H2,1H3. The molecule has 2 heterocycles. The van der Waals surface area contributed by atoms with E-state index < -0.39 is 11.7 Å². The summed E-state index contributed by atoms with van der Waals surface area (Å²) in [6.07, 6.45) is -2.81. The van der Waals surface area contributed by atoms with Crippen molar-refractivity contribution in [3.8, 4) is 23.0 Å². The number of benzene rings is 2. The Balaban J connectivity index is 1.67. The zero-order chi connectivity index (χ0) is 21.1. The fraction of sp³-hybridized carbons (Fsp3) is 0.143. The second kappa shape index (κ2) is 8.27. The predicted molar refractivity (Wildman–Crippen MR) is 107 cm³/mol. The summed E-state index contributed by atoms with van der Waals surface area (Å²) in [6, 6.07) is 16.0. The van der Waals surface area contributed by atoms with Gasteiger partial charge < -0.3 is 9.15 Å². The molecule has 154 valence electrons. The SMILES string of the molecule is COc1ccccc1-n1c(SCc2ccc(C(F)(F)F)cc2)nnc1-c1ccco1. The van der Waals surface area contributed by atoms with Crippen molar-refractivity contribution >= 4 is 11.8 Å². The Hall–Kier alpha value is -3.20. The summed E-state index contributed by atoms with van der Waals surface area (Å²) in [7, 11) is 1.57. The Labute approximate surface area is 174 Å². The molecule has 9 heteroatoms. The van der Waals surface area contributed by atoms with E-state index in [2.05, 4.69) is 10.2 Å². The molecule has 0 saturated heterocycles. The van der Waals surface area contributed by atoms with Gasteiger partial charge in [-0.15, -0.1) is 10.2 Å². The molecule has 0 atom stereocenters. The van der Waals surface area contributed by atoms with E-state index in [9.17, 15) is 13.2 Å². The van der Waals surface area contributed by atoms with Crippen LogP contribution in [0.15, 0.2) is 76.5 Å². The Morgan fingerprint density at radius 1 is 1.00 bits per heavy atom. The molecule has 0 saturated carbocycles. The molecule has 0 radical (unpaired) electrons. The first kappa shape index (κ1) is 20.1. The van der Waals surface area contributed by atoms with E-state index in [0.717, 1.165) is 23.4 Å². The van der Waals surface area contributed by atoms with Gasteiger partial charge in [0, 0.05) is 5.75 Å². The number of alkyl halides is 3. The van der Waals surface area contributed by atoms with Crippen LogP contribution in [0.4, 0.5) is 13.2 Å². The topological polar surface area (TPSA) is 53.1 Å². The quantitative estimate of drug-likeness (QED) is 0.359. The first-order valence-corrected chi connectivity index (χ1v) is 9.87. The lowest BCUT2D eigenvalue weighted by Crippen LogP contribution is -2.04. The van der Waals surface area contributed by atoms with E-state index in [1.807, 2.05) is 28.8 Å². The number of methoxy groups -OCH3 is 1. The van der Waals surface area contributed by atoms with Gasteiger partial charge >= 0.3 is 6.18 Å². The van der Waals surface area contributed by atoms with E-state index in [1.165, 1.54) is 23.9 Å². The third-order valence-electron chi connectivity index (χ3n) is 4.35. The van der Waals surface area contributed by atoms with Crippen molar-refractivity contribution < 1.29 is 22.3 Å². The normalized spacial score (nSPS) is 11.6. The molecular formula is C21H16F3N3O2S. The average molecular weight is 431 g/mol. The van der Waals surface area contributed by atoms with Gasteiger partial charge in [-0.05, 0) is 42.0 Å². The molecule has 2 aromatic heterocycles. The van der Waals surface area contributed by atoms with Crippen molar-refractivity contribution in [1.29, 1.82) is 0 Å². The molecule has 0 bridgehead atoms. The summed E-state index contributed by atoms with van der Waals surface area (Å²) in [4.78, 5) is 0. The molecule has 30 heavy (non-hydrogen) atoms. The summed E-state index contributed by atoms with van der Waals surface area (Å²) in [5.41, 5.74) is 0.794. The van der Waals surface area contributed by atoms with Crippen molar-refractivity contribution in [3.63, 3.8) is 0 Å². The van der Waals surface area contributed by atoms with Crippen LogP contribution in [0, 0.1) is 0 Å². The number of ether oxygens (including phenoxy) is 1. The zero-order valence-electron chi connectivity index (χ0n) is 15.8. The Kier molecular flexibility index (Phi) is 5.54. The highest BCUT2D eigenvalue weighted by Gasteiger charge is 2.30. The number of para-hydroxylation sites is 2. The molecule has 0 aliphatic rings. The maximum atomic E-state index is 12.8. The van der Waals surface area contributed by atoms with Gasteiger partial charge in [-0.25, -0.2) is 0 Å². The van der Waals surface area contributed by atoms with Crippen molar-refractivity contribution in [2.24, 2.45) is 0 Å². The highest BCUT2D eigenvalue weighted by atomic mass is 32.2. The molecule has 0 N–H and O–H groups in total. The number of aromatic nitrogens is 3. The van der Waals surface area contributed by atoms with Gasteiger partial charge in [0.15, 0.2) is 10.9 Å². The number of rotatable bonds is 6. The molecular weight excluding hydrogens is 415 g/mol. The number of hydrogen-bond acceptors (Lipinski definition) is 5. The summed E-state index contributed by atoms with van der Waals surface area (Å²) in [5, 5.41) is 9.10. The lowest BCUT2D eigenvalue weighted by molar-refractivity contribution is -0.137. The summed E-state index contributed by atoms with van der Waals surface area (Å²) in [5.74, 6) is 2.08. The molecule has 0 aliphatic heterocycles. The van der Waals surface area contributed by atoms with E-state index in [4.69, 9.17) is 9.15 Å². The fourth-order valence-electron chi connectivity index (χ4n) is 2.90. The van der Waals surface area contributed by atoms with Gasteiger partial charge in [-0.2, -0.15) is 13.2 Å². The molecule has 4 aromatic rings.